The maximum absolute atomic E-state index is 10.6. The first-order chi connectivity index (χ1) is 7.77. The second-order valence-electron chi connectivity index (χ2n) is 4.47. The summed E-state index contributed by atoms with van der Waals surface area (Å²) in [6.45, 7) is 2.12. The van der Waals surface area contributed by atoms with E-state index in [1.54, 1.807) is 7.11 Å². The highest BCUT2D eigenvalue weighted by Crippen LogP contribution is 2.36. The molecule has 1 aliphatic carbocycles. The summed E-state index contributed by atoms with van der Waals surface area (Å²) in [5.41, 5.74) is 4.12. The molecule has 1 aromatic carbocycles. The Morgan fingerprint density at radius 1 is 1.38 bits per heavy atom. The van der Waals surface area contributed by atoms with Crippen LogP contribution in [0.4, 0.5) is 0 Å². The number of rotatable bonds is 4. The fraction of sp³-hybridized carbons (Fsp3) is 0.500. The molecule has 1 aromatic rings. The Bertz CT molecular complexity index is 396. The van der Waals surface area contributed by atoms with Crippen LogP contribution in [0, 0.1) is 0 Å². The molecule has 0 aromatic heterocycles. The number of carbonyl (C=O) groups is 1. The monoisotopic (exact) mass is 218 g/mol. The third kappa shape index (κ3) is 1.84. The van der Waals surface area contributed by atoms with E-state index in [0.29, 0.717) is 12.3 Å². The standard InChI is InChI=1S/C14H18O2/c1-10(8-9-15)11-6-7-14(16-2)13-5-3-4-12(11)13/h6-7,9-10H,3-5,8H2,1-2H3. The average molecular weight is 218 g/mol. The molecule has 2 rings (SSSR count). The lowest BCUT2D eigenvalue weighted by molar-refractivity contribution is -0.108. The SMILES string of the molecule is COc1ccc(C(C)CC=O)c2c1CCC2. The largest absolute Gasteiger partial charge is 0.496 e. The van der Waals surface area contributed by atoms with Crippen molar-refractivity contribution in [1.82, 2.24) is 0 Å². The predicted molar refractivity (Wildman–Crippen MR) is 64.1 cm³/mol. The molecule has 0 N–H and O–H groups in total. The first kappa shape index (κ1) is 11.2. The molecule has 0 saturated heterocycles. The highest BCUT2D eigenvalue weighted by atomic mass is 16.5. The van der Waals surface area contributed by atoms with E-state index in [0.717, 1.165) is 24.9 Å². The summed E-state index contributed by atoms with van der Waals surface area (Å²) in [5, 5.41) is 0. The normalized spacial score (nSPS) is 15.6. The number of hydrogen-bond acceptors (Lipinski definition) is 2. The molecule has 0 saturated carbocycles. The Balaban J connectivity index is 2.41. The molecular weight excluding hydrogens is 200 g/mol. The summed E-state index contributed by atoms with van der Waals surface area (Å²) in [6, 6.07) is 4.16. The van der Waals surface area contributed by atoms with Crippen LogP contribution in [0.1, 0.15) is 42.4 Å². The maximum atomic E-state index is 10.6. The molecule has 0 bridgehead atoms. The number of benzene rings is 1. The summed E-state index contributed by atoms with van der Waals surface area (Å²) in [5.74, 6) is 1.34. The van der Waals surface area contributed by atoms with Gasteiger partial charge in [-0.1, -0.05) is 13.0 Å². The van der Waals surface area contributed by atoms with Gasteiger partial charge in [-0.25, -0.2) is 0 Å². The zero-order valence-corrected chi connectivity index (χ0v) is 9.95. The van der Waals surface area contributed by atoms with Gasteiger partial charge < -0.3 is 9.53 Å². The Morgan fingerprint density at radius 3 is 2.81 bits per heavy atom. The first-order valence-electron chi connectivity index (χ1n) is 5.90. The van der Waals surface area contributed by atoms with Gasteiger partial charge in [0.15, 0.2) is 0 Å². The Kier molecular flexibility index (Phi) is 3.28. The minimum Gasteiger partial charge on any atom is -0.496 e. The van der Waals surface area contributed by atoms with E-state index >= 15 is 0 Å². The van der Waals surface area contributed by atoms with Crippen molar-refractivity contribution >= 4 is 6.29 Å². The molecule has 1 aliphatic rings. The van der Waals surface area contributed by atoms with Crippen molar-refractivity contribution in [3.63, 3.8) is 0 Å². The van der Waals surface area contributed by atoms with Gasteiger partial charge in [-0.3, -0.25) is 0 Å². The molecule has 0 heterocycles. The quantitative estimate of drug-likeness (QED) is 0.726. The van der Waals surface area contributed by atoms with Crippen LogP contribution in [0.2, 0.25) is 0 Å². The topological polar surface area (TPSA) is 26.3 Å². The smallest absolute Gasteiger partial charge is 0.122 e. The van der Waals surface area contributed by atoms with Crippen LogP contribution < -0.4 is 4.74 Å². The van der Waals surface area contributed by atoms with E-state index in [-0.39, 0.29) is 0 Å². The lowest BCUT2D eigenvalue weighted by Crippen LogP contribution is -2.01. The van der Waals surface area contributed by atoms with Gasteiger partial charge in [0.2, 0.25) is 0 Å². The Hall–Kier alpha value is -1.31. The van der Waals surface area contributed by atoms with E-state index in [9.17, 15) is 4.79 Å². The van der Waals surface area contributed by atoms with Crippen molar-refractivity contribution < 1.29 is 9.53 Å². The molecule has 0 aliphatic heterocycles. The van der Waals surface area contributed by atoms with Crippen molar-refractivity contribution in [3.05, 3.63) is 28.8 Å². The molecule has 0 fully saturated rings. The second-order valence-corrected chi connectivity index (χ2v) is 4.47. The minimum atomic E-state index is 0.329. The van der Waals surface area contributed by atoms with Crippen LogP contribution >= 0.6 is 0 Å². The van der Waals surface area contributed by atoms with E-state index in [4.69, 9.17) is 4.74 Å². The van der Waals surface area contributed by atoms with Gasteiger partial charge in [0, 0.05) is 6.42 Å². The lowest BCUT2D eigenvalue weighted by atomic mass is 9.91. The Labute approximate surface area is 96.6 Å². The highest BCUT2D eigenvalue weighted by molar-refractivity contribution is 5.54. The molecule has 1 unspecified atom stereocenters. The number of carbonyl (C=O) groups excluding carboxylic acids is 1. The Morgan fingerprint density at radius 2 is 2.12 bits per heavy atom. The van der Waals surface area contributed by atoms with Gasteiger partial charge >= 0.3 is 0 Å². The lowest BCUT2D eigenvalue weighted by Gasteiger charge is -2.16. The molecule has 1 atom stereocenters. The molecule has 2 heteroatoms. The number of ether oxygens (including phenoxy) is 1. The third-order valence-corrected chi connectivity index (χ3v) is 3.48. The van der Waals surface area contributed by atoms with Crippen LogP contribution in [-0.2, 0) is 17.6 Å². The zero-order chi connectivity index (χ0) is 11.5. The summed E-state index contributed by atoms with van der Waals surface area (Å²) in [7, 11) is 1.72. The van der Waals surface area contributed by atoms with E-state index in [2.05, 4.69) is 13.0 Å². The van der Waals surface area contributed by atoms with Crippen molar-refractivity contribution in [2.45, 2.75) is 38.5 Å². The van der Waals surface area contributed by atoms with Crippen LogP contribution in [0.3, 0.4) is 0 Å². The first-order valence-corrected chi connectivity index (χ1v) is 5.90. The fourth-order valence-corrected chi connectivity index (χ4v) is 2.63. The highest BCUT2D eigenvalue weighted by Gasteiger charge is 2.21. The van der Waals surface area contributed by atoms with E-state index in [1.807, 2.05) is 6.07 Å². The van der Waals surface area contributed by atoms with Crippen LogP contribution in [-0.4, -0.2) is 13.4 Å². The number of fused-ring (bicyclic) bond motifs is 1. The molecule has 2 nitrogen and oxygen atoms in total. The summed E-state index contributed by atoms with van der Waals surface area (Å²) < 4.78 is 5.38. The van der Waals surface area contributed by atoms with Gasteiger partial charge in [0.25, 0.3) is 0 Å². The molecular formula is C14H18O2. The van der Waals surface area contributed by atoms with Crippen LogP contribution in [0.25, 0.3) is 0 Å². The fourth-order valence-electron chi connectivity index (χ4n) is 2.63. The summed E-state index contributed by atoms with van der Waals surface area (Å²) in [4.78, 5) is 10.6. The molecule has 0 radical (unpaired) electrons. The molecule has 86 valence electrons. The summed E-state index contributed by atoms with van der Waals surface area (Å²) >= 11 is 0. The average Bonchev–Trinajstić information content (AvgIpc) is 2.76. The number of aldehydes is 1. The maximum Gasteiger partial charge on any atom is 0.122 e. The van der Waals surface area contributed by atoms with E-state index < -0.39 is 0 Å². The van der Waals surface area contributed by atoms with Crippen molar-refractivity contribution in [2.24, 2.45) is 0 Å². The van der Waals surface area contributed by atoms with Gasteiger partial charge in [-0.15, -0.1) is 0 Å². The number of hydrogen-bond donors (Lipinski definition) is 0. The van der Waals surface area contributed by atoms with Crippen LogP contribution in [0.5, 0.6) is 5.75 Å². The number of methoxy groups -OCH3 is 1. The predicted octanol–water partition coefficient (Wildman–Crippen LogP) is 2.88. The molecule has 16 heavy (non-hydrogen) atoms. The van der Waals surface area contributed by atoms with E-state index in [1.165, 1.54) is 23.1 Å². The second kappa shape index (κ2) is 4.69. The van der Waals surface area contributed by atoms with Crippen molar-refractivity contribution in [2.75, 3.05) is 7.11 Å². The molecule has 0 spiro atoms. The molecule has 0 amide bonds. The van der Waals surface area contributed by atoms with Gasteiger partial charge in [0.1, 0.15) is 12.0 Å². The van der Waals surface area contributed by atoms with Crippen molar-refractivity contribution in [1.29, 1.82) is 0 Å². The minimum absolute atomic E-state index is 0.329. The van der Waals surface area contributed by atoms with Crippen LogP contribution in [0.15, 0.2) is 12.1 Å². The third-order valence-electron chi connectivity index (χ3n) is 3.48. The van der Waals surface area contributed by atoms with Gasteiger partial charge in [-0.05, 0) is 47.9 Å². The van der Waals surface area contributed by atoms with Gasteiger partial charge in [-0.2, -0.15) is 0 Å². The van der Waals surface area contributed by atoms with Gasteiger partial charge in [0.05, 0.1) is 7.11 Å². The zero-order valence-electron chi connectivity index (χ0n) is 9.95. The summed E-state index contributed by atoms with van der Waals surface area (Å²) in [6.07, 6.45) is 5.07. The van der Waals surface area contributed by atoms with Crippen molar-refractivity contribution in [3.8, 4) is 5.75 Å².